The van der Waals surface area contributed by atoms with Crippen LogP contribution in [0.1, 0.15) is 23.2 Å². The van der Waals surface area contributed by atoms with Crippen molar-refractivity contribution in [3.63, 3.8) is 0 Å². The molecule has 5 rings (SSSR count). The average molecular weight is 588 g/mol. The van der Waals surface area contributed by atoms with Gasteiger partial charge in [0, 0.05) is 53.7 Å². The van der Waals surface area contributed by atoms with E-state index in [-0.39, 0.29) is 58.2 Å². The van der Waals surface area contributed by atoms with Crippen LogP contribution in [-0.4, -0.2) is 50.7 Å². The van der Waals surface area contributed by atoms with Crippen molar-refractivity contribution in [1.82, 2.24) is 10.4 Å². The minimum atomic E-state index is -1.24. The Morgan fingerprint density at radius 2 is 1.71 bits per heavy atom. The molecule has 0 spiro atoms. The van der Waals surface area contributed by atoms with Crippen LogP contribution in [-0.2, 0) is 19.2 Å². The third-order valence-corrected chi connectivity index (χ3v) is 6.63. The van der Waals surface area contributed by atoms with E-state index in [9.17, 15) is 34.2 Å². The molecule has 1 saturated heterocycles. The highest BCUT2D eigenvalue weighted by atomic mass is 32.1. The Morgan fingerprint density at radius 3 is 2.43 bits per heavy atom. The van der Waals surface area contributed by atoms with Crippen molar-refractivity contribution < 1.29 is 38.6 Å². The lowest BCUT2D eigenvalue weighted by Gasteiger charge is -2.18. The normalized spacial score (nSPS) is 12.9. The Bertz CT molecular complexity index is 1850. The Labute approximate surface area is 242 Å². The highest BCUT2D eigenvalue weighted by Gasteiger charge is 2.33. The monoisotopic (exact) mass is 587 g/mol. The van der Waals surface area contributed by atoms with E-state index in [1.165, 1.54) is 30.3 Å². The molecule has 2 aromatic rings. The number of benzene rings is 3. The molecule has 13 heteroatoms. The standard InChI is InChI=1S/C29H21N3O9S/c1-14(28(39)41-32-24(35)8-9-25(32)36)13-30-29(42)31-15-2-5-18(21(10-15)27(37)38)26-19-6-3-16(33)11-22(19)40-23-12-17(34)4-7-20(23)26/h2-7,10-12,33H,1,8-9,13H2,(H,37,38)(H2,30,31,42). The predicted molar refractivity (Wildman–Crippen MR) is 154 cm³/mol. The summed E-state index contributed by atoms with van der Waals surface area (Å²) in [7, 11) is 0. The molecule has 2 heterocycles. The molecule has 0 aromatic heterocycles. The van der Waals surface area contributed by atoms with Gasteiger partial charge in [-0.2, -0.15) is 0 Å². The van der Waals surface area contributed by atoms with Crippen LogP contribution in [0.25, 0.3) is 33.4 Å². The maximum atomic E-state index is 12.4. The van der Waals surface area contributed by atoms with Gasteiger partial charge in [-0.05, 0) is 54.2 Å². The molecule has 42 heavy (non-hydrogen) atoms. The zero-order valence-corrected chi connectivity index (χ0v) is 22.4. The Hall–Kier alpha value is -5.56. The number of nitrogens with zero attached hydrogens (tertiary/aromatic N) is 1. The van der Waals surface area contributed by atoms with Crippen molar-refractivity contribution in [1.29, 1.82) is 0 Å². The van der Waals surface area contributed by atoms with Crippen LogP contribution >= 0.6 is 12.2 Å². The Balaban J connectivity index is 1.38. The maximum Gasteiger partial charge on any atom is 0.361 e. The lowest BCUT2D eigenvalue weighted by molar-refractivity contribution is -0.194. The van der Waals surface area contributed by atoms with Gasteiger partial charge in [-0.15, -0.1) is 5.06 Å². The van der Waals surface area contributed by atoms with Gasteiger partial charge in [-0.25, -0.2) is 9.59 Å². The summed E-state index contributed by atoms with van der Waals surface area (Å²) in [6.07, 6.45) is -0.0859. The average Bonchev–Trinajstić information content (AvgIpc) is 3.26. The first-order valence-electron chi connectivity index (χ1n) is 12.4. The van der Waals surface area contributed by atoms with Gasteiger partial charge < -0.3 is 30.1 Å². The SMILES string of the molecule is C=C(CNC(=S)Nc1ccc(-c2c3ccc(=O)cc-3oc3cc(O)ccc23)c(C(=O)O)c1)C(=O)ON1C(=O)CCC1=O. The van der Waals surface area contributed by atoms with Gasteiger partial charge in [-0.1, -0.05) is 12.6 Å². The number of carbonyl (C=O) groups is 4. The number of carboxylic acids is 1. The molecular weight excluding hydrogens is 566 g/mol. The number of carbonyl (C=O) groups excluding carboxylic acids is 3. The quantitative estimate of drug-likeness (QED) is 0.107. The summed E-state index contributed by atoms with van der Waals surface area (Å²) in [4.78, 5) is 64.7. The van der Waals surface area contributed by atoms with Gasteiger partial charge in [0.15, 0.2) is 10.5 Å². The number of aromatic hydroxyl groups is 1. The second kappa shape index (κ2) is 11.1. The van der Waals surface area contributed by atoms with Crippen LogP contribution in [0.5, 0.6) is 5.75 Å². The highest BCUT2D eigenvalue weighted by Crippen LogP contribution is 2.42. The fraction of sp³-hybridized carbons (Fsp3) is 0.103. The molecule has 0 saturated carbocycles. The van der Waals surface area contributed by atoms with E-state index in [2.05, 4.69) is 17.2 Å². The molecule has 2 aromatic carbocycles. The highest BCUT2D eigenvalue weighted by molar-refractivity contribution is 7.80. The number of hydrogen-bond donors (Lipinski definition) is 4. The third kappa shape index (κ3) is 5.53. The van der Waals surface area contributed by atoms with Crippen LogP contribution in [0.2, 0.25) is 0 Å². The van der Waals surface area contributed by atoms with Crippen LogP contribution in [0.15, 0.2) is 76.0 Å². The lowest BCUT2D eigenvalue weighted by atomic mass is 9.90. The summed E-state index contributed by atoms with van der Waals surface area (Å²) in [5.41, 5.74) is 1.36. The first kappa shape index (κ1) is 28.0. The van der Waals surface area contributed by atoms with Crippen LogP contribution in [0, 0.1) is 0 Å². The smallest absolute Gasteiger partial charge is 0.361 e. The van der Waals surface area contributed by atoms with E-state index in [1.54, 1.807) is 24.3 Å². The van der Waals surface area contributed by atoms with Crippen LogP contribution in [0.3, 0.4) is 0 Å². The van der Waals surface area contributed by atoms with Crippen LogP contribution < -0.4 is 16.1 Å². The number of phenolic OH excluding ortho intramolecular Hbond substituents is 1. The van der Waals surface area contributed by atoms with Crippen LogP contribution in [0.4, 0.5) is 5.69 Å². The molecule has 1 fully saturated rings. The topological polar surface area (TPSA) is 175 Å². The number of fused-ring (bicyclic) bond motifs is 2. The van der Waals surface area contributed by atoms with Gasteiger partial charge in [-0.3, -0.25) is 14.4 Å². The van der Waals surface area contributed by atoms with E-state index < -0.39 is 23.8 Å². The number of phenols is 1. The van der Waals surface area contributed by atoms with Crippen molar-refractivity contribution in [3.8, 4) is 28.2 Å². The number of thiocarbonyl (C=S) groups is 1. The summed E-state index contributed by atoms with van der Waals surface area (Å²) < 4.78 is 5.84. The van der Waals surface area contributed by atoms with Gasteiger partial charge in [0.25, 0.3) is 11.8 Å². The number of carboxylic acid groups (broad SMARTS) is 1. The summed E-state index contributed by atoms with van der Waals surface area (Å²) in [5, 5.41) is 26.6. The summed E-state index contributed by atoms with van der Waals surface area (Å²) in [6, 6.07) is 13.1. The Morgan fingerprint density at radius 1 is 1.00 bits per heavy atom. The molecule has 3 aliphatic rings. The predicted octanol–water partition coefficient (Wildman–Crippen LogP) is 3.42. The fourth-order valence-corrected chi connectivity index (χ4v) is 4.60. The summed E-state index contributed by atoms with van der Waals surface area (Å²) in [6.45, 7) is 3.38. The molecule has 12 nitrogen and oxygen atoms in total. The molecule has 2 aliphatic heterocycles. The summed E-state index contributed by atoms with van der Waals surface area (Å²) in [5.74, 6) is -3.32. The van der Waals surface area contributed by atoms with Gasteiger partial charge in [0.1, 0.15) is 17.1 Å². The molecule has 0 bridgehead atoms. The zero-order chi connectivity index (χ0) is 30.1. The van der Waals surface area contributed by atoms with Crippen molar-refractivity contribution in [2.75, 3.05) is 11.9 Å². The molecule has 0 radical (unpaired) electrons. The fourth-order valence-electron chi connectivity index (χ4n) is 4.41. The minimum absolute atomic E-state index is 0.0224. The number of hydroxylamine groups is 2. The number of amides is 2. The van der Waals surface area contributed by atoms with Gasteiger partial charge in [0.2, 0.25) is 0 Å². The molecule has 0 unspecified atom stereocenters. The number of rotatable bonds is 7. The lowest BCUT2D eigenvalue weighted by Crippen LogP contribution is -2.36. The molecule has 0 atom stereocenters. The second-order valence-corrected chi connectivity index (χ2v) is 9.66. The molecule has 2 amide bonds. The third-order valence-electron chi connectivity index (χ3n) is 6.39. The van der Waals surface area contributed by atoms with E-state index in [0.717, 1.165) is 0 Å². The van der Waals surface area contributed by atoms with E-state index in [0.29, 0.717) is 32.8 Å². The number of anilines is 1. The number of imide groups is 1. The largest absolute Gasteiger partial charge is 0.508 e. The van der Waals surface area contributed by atoms with E-state index in [1.807, 2.05) is 0 Å². The number of hydrogen-bond acceptors (Lipinski definition) is 9. The van der Waals surface area contributed by atoms with E-state index >= 15 is 0 Å². The van der Waals surface area contributed by atoms with E-state index in [4.69, 9.17) is 21.5 Å². The Kier molecular flexibility index (Phi) is 7.42. The van der Waals surface area contributed by atoms with Crippen molar-refractivity contribution in [2.24, 2.45) is 0 Å². The molecular formula is C29H21N3O9S. The van der Waals surface area contributed by atoms with Crippen molar-refractivity contribution in [3.05, 3.63) is 82.5 Å². The van der Waals surface area contributed by atoms with Crippen molar-refractivity contribution in [2.45, 2.75) is 12.8 Å². The van der Waals surface area contributed by atoms with Gasteiger partial charge in [0.05, 0.1) is 11.1 Å². The number of aromatic carboxylic acids is 1. The second-order valence-electron chi connectivity index (χ2n) is 9.25. The minimum Gasteiger partial charge on any atom is -0.508 e. The molecule has 1 aliphatic carbocycles. The summed E-state index contributed by atoms with van der Waals surface area (Å²) >= 11 is 5.26. The van der Waals surface area contributed by atoms with Gasteiger partial charge >= 0.3 is 11.9 Å². The molecule has 212 valence electrons. The zero-order valence-electron chi connectivity index (χ0n) is 21.6. The first-order chi connectivity index (χ1) is 20.0. The number of nitrogens with one attached hydrogen (secondary N) is 2. The first-order valence-corrected chi connectivity index (χ1v) is 12.8. The van der Waals surface area contributed by atoms with Crippen molar-refractivity contribution >= 4 is 57.7 Å². The molecule has 4 N–H and O–H groups in total. The maximum absolute atomic E-state index is 12.4.